The summed E-state index contributed by atoms with van der Waals surface area (Å²) in [7, 11) is 0. The fraction of sp³-hybridized carbons (Fsp3) is 0.667. The zero-order valence-electron chi connectivity index (χ0n) is 11.0. The maximum absolute atomic E-state index is 12.3. The molecule has 1 aliphatic carbocycles. The second kappa shape index (κ2) is 5.59. The summed E-state index contributed by atoms with van der Waals surface area (Å²) >= 11 is 1.35. The van der Waals surface area contributed by atoms with Gasteiger partial charge < -0.3 is 10.6 Å². The Morgan fingerprint density at radius 2 is 2.20 bits per heavy atom. The summed E-state index contributed by atoms with van der Waals surface area (Å²) in [6.07, 6.45) is -1.81. The van der Waals surface area contributed by atoms with Crippen molar-refractivity contribution in [3.05, 3.63) is 11.1 Å². The molecule has 0 aliphatic heterocycles. The van der Waals surface area contributed by atoms with Gasteiger partial charge in [-0.1, -0.05) is 13.3 Å². The Labute approximate surface area is 118 Å². The third-order valence-electron chi connectivity index (χ3n) is 3.16. The lowest BCUT2D eigenvalue weighted by atomic mass is 10.2. The van der Waals surface area contributed by atoms with Crippen LogP contribution in [0, 0.1) is 0 Å². The number of hydrogen-bond acceptors (Lipinski definition) is 4. The highest BCUT2D eigenvalue weighted by molar-refractivity contribution is 7.13. The van der Waals surface area contributed by atoms with Crippen LogP contribution in [0.2, 0.25) is 0 Å². The van der Waals surface area contributed by atoms with Gasteiger partial charge in [-0.15, -0.1) is 11.3 Å². The van der Waals surface area contributed by atoms with Gasteiger partial charge in [-0.05, 0) is 19.3 Å². The molecule has 0 unspecified atom stereocenters. The molecule has 2 rings (SSSR count). The molecule has 0 radical (unpaired) electrons. The number of carbonyl (C=O) groups excluding carboxylic acids is 1. The summed E-state index contributed by atoms with van der Waals surface area (Å²) in [5.41, 5.74) is -0.410. The highest BCUT2D eigenvalue weighted by Gasteiger charge is 2.52. The molecule has 1 fully saturated rings. The zero-order valence-corrected chi connectivity index (χ0v) is 11.8. The van der Waals surface area contributed by atoms with E-state index in [1.165, 1.54) is 11.3 Å². The fourth-order valence-electron chi connectivity index (χ4n) is 1.81. The lowest BCUT2D eigenvalue weighted by Gasteiger charge is -2.16. The lowest BCUT2D eigenvalue weighted by Crippen LogP contribution is -2.43. The molecule has 1 amide bonds. The number of thiazole rings is 1. The minimum atomic E-state index is -4.85. The molecule has 1 aliphatic rings. The highest BCUT2D eigenvalue weighted by Crippen LogP contribution is 2.46. The predicted molar refractivity (Wildman–Crippen MR) is 70.6 cm³/mol. The molecule has 2 N–H and O–H groups in total. The largest absolute Gasteiger partial charge is 0.471 e. The van der Waals surface area contributed by atoms with Gasteiger partial charge in [-0.25, -0.2) is 4.98 Å². The molecule has 0 saturated heterocycles. The van der Waals surface area contributed by atoms with Crippen LogP contribution in [0.3, 0.4) is 0 Å². The van der Waals surface area contributed by atoms with Crippen LogP contribution in [0.25, 0.3) is 0 Å². The monoisotopic (exact) mass is 307 g/mol. The first-order valence-electron chi connectivity index (χ1n) is 6.46. The van der Waals surface area contributed by atoms with Crippen molar-refractivity contribution < 1.29 is 18.0 Å². The van der Waals surface area contributed by atoms with Crippen molar-refractivity contribution in [3.8, 4) is 0 Å². The van der Waals surface area contributed by atoms with E-state index in [2.05, 4.69) is 22.5 Å². The summed E-state index contributed by atoms with van der Waals surface area (Å²) in [6.45, 7) is 2.85. The normalized spacial score (nSPS) is 16.8. The number of aromatic nitrogens is 1. The number of hydrogen-bond donors (Lipinski definition) is 2. The van der Waals surface area contributed by atoms with Crippen LogP contribution in [-0.2, 0) is 10.3 Å². The van der Waals surface area contributed by atoms with Crippen molar-refractivity contribution in [3.63, 3.8) is 0 Å². The van der Waals surface area contributed by atoms with Gasteiger partial charge in [0.25, 0.3) is 0 Å². The number of alkyl halides is 3. The van der Waals surface area contributed by atoms with E-state index in [9.17, 15) is 18.0 Å². The molecule has 8 heteroatoms. The number of anilines is 1. The maximum Gasteiger partial charge on any atom is 0.471 e. The van der Waals surface area contributed by atoms with Crippen molar-refractivity contribution >= 4 is 22.4 Å². The molecule has 1 aromatic heterocycles. The molecule has 1 saturated carbocycles. The number of nitrogens with one attached hydrogen (secondary N) is 2. The molecule has 0 aromatic carbocycles. The van der Waals surface area contributed by atoms with E-state index in [-0.39, 0.29) is 0 Å². The van der Waals surface area contributed by atoms with Crippen molar-refractivity contribution in [2.24, 2.45) is 0 Å². The molecule has 20 heavy (non-hydrogen) atoms. The highest BCUT2D eigenvalue weighted by atomic mass is 32.1. The number of unbranched alkanes of at least 4 members (excludes halogenated alkanes) is 1. The lowest BCUT2D eigenvalue weighted by molar-refractivity contribution is -0.174. The average Bonchev–Trinajstić information content (AvgIpc) is 2.98. The molecule has 0 atom stereocenters. The van der Waals surface area contributed by atoms with Crippen LogP contribution in [0.15, 0.2) is 5.38 Å². The van der Waals surface area contributed by atoms with E-state index in [1.807, 2.05) is 0 Å². The summed E-state index contributed by atoms with van der Waals surface area (Å²) in [5.74, 6) is -1.90. The van der Waals surface area contributed by atoms with E-state index in [0.29, 0.717) is 23.7 Å². The van der Waals surface area contributed by atoms with Crippen LogP contribution in [0.5, 0.6) is 0 Å². The Morgan fingerprint density at radius 3 is 2.75 bits per heavy atom. The second-order valence-corrected chi connectivity index (χ2v) is 5.71. The number of rotatable bonds is 6. The van der Waals surface area contributed by atoms with Crippen LogP contribution in [0.4, 0.5) is 18.3 Å². The minimum Gasteiger partial charge on any atom is -0.362 e. The van der Waals surface area contributed by atoms with Crippen LogP contribution in [-0.4, -0.2) is 23.6 Å². The van der Waals surface area contributed by atoms with E-state index in [0.717, 1.165) is 19.4 Å². The minimum absolute atomic E-state index is 0.493. The van der Waals surface area contributed by atoms with Crippen LogP contribution in [0.1, 0.15) is 38.3 Å². The van der Waals surface area contributed by atoms with E-state index >= 15 is 0 Å². The Morgan fingerprint density at radius 1 is 1.50 bits per heavy atom. The number of carbonyl (C=O) groups is 1. The van der Waals surface area contributed by atoms with Gasteiger partial charge in [0, 0.05) is 11.9 Å². The van der Waals surface area contributed by atoms with E-state index in [4.69, 9.17) is 0 Å². The molecule has 4 nitrogen and oxygen atoms in total. The van der Waals surface area contributed by atoms with Gasteiger partial charge >= 0.3 is 12.1 Å². The maximum atomic E-state index is 12.3. The van der Waals surface area contributed by atoms with E-state index < -0.39 is 17.6 Å². The molecular weight excluding hydrogens is 291 g/mol. The summed E-state index contributed by atoms with van der Waals surface area (Å²) in [6, 6.07) is 0. The predicted octanol–water partition coefficient (Wildman–Crippen LogP) is 3.02. The average molecular weight is 307 g/mol. The molecule has 1 heterocycles. The van der Waals surface area contributed by atoms with Crippen molar-refractivity contribution in [1.29, 1.82) is 0 Å². The number of halogens is 3. The summed E-state index contributed by atoms with van der Waals surface area (Å²) < 4.78 is 36.9. The summed E-state index contributed by atoms with van der Waals surface area (Å²) in [5, 5.41) is 7.57. The van der Waals surface area contributed by atoms with Gasteiger partial charge in [0.05, 0.1) is 11.2 Å². The third-order valence-corrected chi connectivity index (χ3v) is 3.96. The van der Waals surface area contributed by atoms with Crippen molar-refractivity contribution in [2.45, 2.75) is 44.3 Å². The second-order valence-electron chi connectivity index (χ2n) is 4.85. The van der Waals surface area contributed by atoms with Crippen molar-refractivity contribution in [2.75, 3.05) is 11.9 Å². The quantitative estimate of drug-likeness (QED) is 0.794. The smallest absolute Gasteiger partial charge is 0.362 e. The number of nitrogens with zero attached hydrogens (tertiary/aromatic N) is 1. The molecular formula is C12H16F3N3OS. The first kappa shape index (κ1) is 15.1. The standard InChI is InChI=1S/C12H16F3N3OS/c1-2-3-6-16-10-17-8(7-20-10)11(4-5-11)18-9(19)12(13,14)15/h7H,2-6H2,1H3,(H,16,17)(H,18,19). The summed E-state index contributed by atoms with van der Waals surface area (Å²) in [4.78, 5) is 15.3. The molecule has 0 spiro atoms. The van der Waals surface area contributed by atoms with E-state index in [1.54, 1.807) is 5.38 Å². The first-order valence-corrected chi connectivity index (χ1v) is 7.34. The van der Waals surface area contributed by atoms with Crippen molar-refractivity contribution in [1.82, 2.24) is 10.3 Å². The molecule has 0 bridgehead atoms. The Bertz CT molecular complexity index is 483. The van der Waals surface area contributed by atoms with Gasteiger partial charge in [-0.2, -0.15) is 13.2 Å². The van der Waals surface area contributed by atoms with Gasteiger partial charge in [-0.3, -0.25) is 4.79 Å². The molecule has 1 aromatic rings. The Kier molecular flexibility index (Phi) is 4.22. The van der Waals surface area contributed by atoms with Gasteiger partial charge in [0.15, 0.2) is 5.13 Å². The van der Waals surface area contributed by atoms with Gasteiger partial charge in [0.1, 0.15) is 0 Å². The van der Waals surface area contributed by atoms with Crippen LogP contribution >= 0.6 is 11.3 Å². The molecule has 112 valence electrons. The SMILES string of the molecule is CCCCNc1nc(C2(NC(=O)C(F)(F)F)CC2)cs1. The number of amides is 1. The zero-order chi connectivity index (χ0) is 14.8. The topological polar surface area (TPSA) is 54.0 Å². The Balaban J connectivity index is 1.99. The first-order chi connectivity index (χ1) is 9.37. The van der Waals surface area contributed by atoms with Gasteiger partial charge in [0.2, 0.25) is 0 Å². The third kappa shape index (κ3) is 3.41. The fourth-order valence-corrected chi connectivity index (χ4v) is 2.64. The van der Waals surface area contributed by atoms with Crippen LogP contribution < -0.4 is 10.6 Å². The Hall–Kier alpha value is -1.31.